The van der Waals surface area contributed by atoms with E-state index in [1.54, 1.807) is 36.4 Å². The molecule has 0 radical (unpaired) electrons. The van der Waals surface area contributed by atoms with Gasteiger partial charge in [-0.05, 0) is 266 Å². The van der Waals surface area contributed by atoms with Crippen LogP contribution in [0.1, 0.15) is 140 Å². The van der Waals surface area contributed by atoms with Crippen molar-refractivity contribution in [3.63, 3.8) is 0 Å². The second-order valence-electron chi connectivity index (χ2n) is 28.0. The minimum atomic E-state index is -1.56. The van der Waals surface area contributed by atoms with Gasteiger partial charge in [-0.3, -0.25) is 0 Å². The molecule has 10 aromatic rings. The van der Waals surface area contributed by atoms with Crippen LogP contribution in [-0.2, 0) is 6.54 Å². The number of aliphatic hydroxyl groups is 3. The molecule has 1 aromatic heterocycles. The highest BCUT2D eigenvalue weighted by molar-refractivity contribution is 6.90. The zero-order valence-electron chi connectivity index (χ0n) is 59.5. The molecule has 3 saturated heterocycles. The van der Waals surface area contributed by atoms with Crippen LogP contribution in [-0.4, -0.2) is 125 Å². The first kappa shape index (κ1) is 73.2. The average molecular weight is 1370 g/mol. The number of benzene rings is 9. The predicted octanol–water partition coefficient (Wildman–Crippen LogP) is 18.4. The first-order valence-electron chi connectivity index (χ1n) is 37.0. The van der Waals surface area contributed by atoms with E-state index in [0.29, 0.717) is 19.3 Å². The summed E-state index contributed by atoms with van der Waals surface area (Å²) in [5.74, 6) is 0.792. The SMILES string of the molecule is C[Si](C)(CN1CCCC1)c1ccc(/C(=C(/CCCO)c2ccccc2)c2ccc(O)cc2)cc1.OCCC/C(=C(\c1ccc(O)cc1)c1ccc(N2CCCCC2)cc1)c1ccccc1.OCCC/C(=C(\c1ccc(O)cc1)c1ccc2c(ccn2CCN2CCCCC2)c1)c1ccccc1. The highest BCUT2D eigenvalue weighted by atomic mass is 28.3. The molecule has 0 bridgehead atoms. The lowest BCUT2D eigenvalue weighted by Gasteiger charge is -2.29. The van der Waals surface area contributed by atoms with Crippen LogP contribution in [0.5, 0.6) is 17.2 Å². The van der Waals surface area contributed by atoms with Crippen molar-refractivity contribution < 1.29 is 30.6 Å². The molecule has 524 valence electrons. The third-order valence-electron chi connectivity index (χ3n) is 20.3. The van der Waals surface area contributed by atoms with Crippen molar-refractivity contribution in [3.05, 3.63) is 293 Å². The van der Waals surface area contributed by atoms with Gasteiger partial charge in [0.25, 0.3) is 0 Å². The van der Waals surface area contributed by atoms with E-state index >= 15 is 0 Å². The number of aliphatic hydroxyl groups excluding tert-OH is 3. The zero-order chi connectivity index (χ0) is 70.2. The number of anilines is 1. The number of hydrogen-bond acceptors (Lipinski definition) is 9. The number of allylic oxidation sites excluding steroid dienone is 3. The molecule has 0 aliphatic carbocycles. The molecule has 9 aromatic carbocycles. The van der Waals surface area contributed by atoms with E-state index in [4.69, 9.17) is 0 Å². The molecule has 0 unspecified atom stereocenters. The number of nitrogens with zero attached hydrogens (tertiary/aromatic N) is 4. The summed E-state index contributed by atoms with van der Waals surface area (Å²) in [5.41, 5.74) is 19.9. The highest BCUT2D eigenvalue weighted by Crippen LogP contribution is 2.40. The number of likely N-dealkylation sites (tertiary alicyclic amines) is 2. The maximum absolute atomic E-state index is 9.94. The first-order chi connectivity index (χ1) is 49.5. The van der Waals surface area contributed by atoms with Gasteiger partial charge in [-0.25, -0.2) is 0 Å². The monoisotopic (exact) mass is 1360 g/mol. The van der Waals surface area contributed by atoms with Gasteiger partial charge in [-0.1, -0.05) is 195 Å². The number of phenols is 3. The van der Waals surface area contributed by atoms with Gasteiger partial charge in [0.15, 0.2) is 0 Å². The van der Waals surface area contributed by atoms with Crippen LogP contribution < -0.4 is 10.1 Å². The number of piperidine rings is 2. The third-order valence-corrected chi connectivity index (χ3v) is 23.4. The molecule has 101 heavy (non-hydrogen) atoms. The topological polar surface area (TPSA) is 136 Å². The van der Waals surface area contributed by atoms with Gasteiger partial charge in [-0.2, -0.15) is 0 Å². The van der Waals surface area contributed by atoms with Gasteiger partial charge < -0.3 is 49.9 Å². The molecule has 3 aliphatic rings. The lowest BCUT2D eigenvalue weighted by Crippen LogP contribution is -2.51. The van der Waals surface area contributed by atoms with E-state index in [-0.39, 0.29) is 37.1 Å². The van der Waals surface area contributed by atoms with E-state index in [0.717, 1.165) is 90.0 Å². The Kier molecular flexibility index (Phi) is 26.8. The molecule has 0 atom stereocenters. The van der Waals surface area contributed by atoms with Crippen molar-refractivity contribution in [2.75, 3.05) is 76.7 Å². The molecule has 3 fully saturated rings. The summed E-state index contributed by atoms with van der Waals surface area (Å²) in [5, 5.41) is 61.2. The van der Waals surface area contributed by atoms with Crippen molar-refractivity contribution >= 4 is 63.3 Å². The predicted molar refractivity (Wildman–Crippen MR) is 424 cm³/mol. The summed E-state index contributed by atoms with van der Waals surface area (Å²) >= 11 is 0. The molecule has 13 rings (SSSR count). The Bertz CT molecular complexity index is 4250. The van der Waals surface area contributed by atoms with Gasteiger partial charge in [0, 0.05) is 68.8 Å². The van der Waals surface area contributed by atoms with Crippen LogP contribution in [0.25, 0.3) is 44.3 Å². The van der Waals surface area contributed by atoms with Crippen molar-refractivity contribution in [2.24, 2.45) is 0 Å². The highest BCUT2D eigenvalue weighted by Gasteiger charge is 2.29. The Morgan fingerprint density at radius 1 is 0.347 bits per heavy atom. The molecule has 3 aliphatic heterocycles. The van der Waals surface area contributed by atoms with Gasteiger partial charge in [0.05, 0.1) is 8.07 Å². The molecule has 0 spiro atoms. The van der Waals surface area contributed by atoms with Crippen LogP contribution >= 0.6 is 0 Å². The third kappa shape index (κ3) is 19.9. The summed E-state index contributed by atoms with van der Waals surface area (Å²) in [4.78, 5) is 7.70. The first-order valence-corrected chi connectivity index (χ1v) is 40.2. The summed E-state index contributed by atoms with van der Waals surface area (Å²) < 4.78 is 2.38. The average Bonchev–Trinajstić information content (AvgIpc) is 1.78. The van der Waals surface area contributed by atoms with Crippen LogP contribution in [0.3, 0.4) is 0 Å². The Morgan fingerprint density at radius 2 is 0.703 bits per heavy atom. The number of hydrogen-bond donors (Lipinski definition) is 6. The van der Waals surface area contributed by atoms with Gasteiger partial charge in [0.1, 0.15) is 17.2 Å². The summed E-state index contributed by atoms with van der Waals surface area (Å²) in [7, 11) is -1.56. The Labute approximate surface area is 601 Å². The van der Waals surface area contributed by atoms with Crippen molar-refractivity contribution in [3.8, 4) is 17.2 Å². The Balaban J connectivity index is 0.000000153. The fraction of sp³-hybridized carbons (Fsp3) is 0.311. The molecular formula is C90H104N4O6Si. The largest absolute Gasteiger partial charge is 0.508 e. The number of rotatable bonds is 25. The Morgan fingerprint density at radius 3 is 1.12 bits per heavy atom. The van der Waals surface area contributed by atoms with Crippen LogP contribution in [0.2, 0.25) is 13.1 Å². The number of fused-ring (bicyclic) bond motifs is 1. The van der Waals surface area contributed by atoms with Gasteiger partial charge in [0.2, 0.25) is 0 Å². The van der Waals surface area contributed by atoms with Gasteiger partial charge >= 0.3 is 0 Å². The molecule has 11 heteroatoms. The van der Waals surface area contributed by atoms with E-state index < -0.39 is 8.07 Å². The number of aromatic nitrogens is 1. The fourth-order valence-electron chi connectivity index (χ4n) is 15.0. The lowest BCUT2D eigenvalue weighted by molar-refractivity contribution is 0.221. The maximum atomic E-state index is 9.94. The van der Waals surface area contributed by atoms with Crippen LogP contribution in [0, 0.1) is 0 Å². The van der Waals surface area contributed by atoms with E-state index in [2.05, 4.69) is 184 Å². The minimum absolute atomic E-state index is 0.151. The van der Waals surface area contributed by atoms with Crippen LogP contribution in [0.15, 0.2) is 243 Å². The van der Waals surface area contributed by atoms with Crippen molar-refractivity contribution in [1.82, 2.24) is 14.4 Å². The maximum Gasteiger partial charge on any atom is 0.115 e. The van der Waals surface area contributed by atoms with E-state index in [9.17, 15) is 30.6 Å². The molecule has 6 N–H and O–H groups in total. The van der Waals surface area contributed by atoms with Crippen molar-refractivity contribution in [1.29, 1.82) is 0 Å². The van der Waals surface area contributed by atoms with E-state index in [1.165, 1.54) is 144 Å². The molecule has 0 amide bonds. The molecule has 4 heterocycles. The van der Waals surface area contributed by atoms with Crippen molar-refractivity contribution in [2.45, 2.75) is 110 Å². The number of aromatic hydroxyl groups is 3. The molecule has 10 nitrogen and oxygen atoms in total. The molecular weight excluding hydrogens is 1260 g/mol. The van der Waals surface area contributed by atoms with E-state index in [1.807, 2.05) is 54.6 Å². The quantitative estimate of drug-likeness (QED) is 0.0244. The minimum Gasteiger partial charge on any atom is -0.508 e. The number of phenolic OH excluding ortho intramolecular Hbond substituents is 3. The normalized spacial score (nSPS) is 15.2. The standard InChI is InChI=1S/C32H36N2O2.C30H37NO2Si.C28H31NO2/c35-23-7-10-30(25-8-3-1-4-9-25)32(26-11-14-29(36)15-12-26)28-13-16-31-27(24-28)17-20-34(31)22-21-33-18-5-2-6-19-33;1-34(2,23-31-20-6-7-21-31)28-18-14-26(15-19-28)30(25-12-16-27(33)17-13-25)29(11-8-22-32)24-9-4-3-5-10-24;30-21-7-10-27(22-8-3-1-4-9-22)28(24-13-17-26(31)18-14-24)23-11-15-25(16-12-23)29-19-5-2-6-20-29/h1,3-4,8-9,11-17,20,24,35-36H,2,5-7,10,18-19,21-23H2;3-5,9-10,12-19,32-33H,6-8,11,20-23H2,1-2H3;1,3-4,8-9,11-18,30-31H,2,5-7,10,19-21H2/b32-30-;30-29-;28-27+. The smallest absolute Gasteiger partial charge is 0.115 e. The lowest BCUT2D eigenvalue weighted by atomic mass is 9.87. The second kappa shape index (κ2) is 37.0. The summed E-state index contributed by atoms with van der Waals surface area (Å²) in [6.45, 7) is 14.7. The summed E-state index contributed by atoms with van der Waals surface area (Å²) in [6.07, 6.45) is 18.4. The Hall–Kier alpha value is -9.04. The fourth-order valence-corrected chi connectivity index (χ4v) is 17.7. The molecule has 0 saturated carbocycles. The van der Waals surface area contributed by atoms with Crippen LogP contribution in [0.4, 0.5) is 5.69 Å². The zero-order valence-corrected chi connectivity index (χ0v) is 60.5. The second-order valence-corrected chi connectivity index (χ2v) is 32.7. The summed E-state index contributed by atoms with van der Waals surface area (Å²) in [6, 6.07) is 80.8. The van der Waals surface area contributed by atoms with Gasteiger partial charge in [-0.15, -0.1) is 0 Å².